The van der Waals surface area contributed by atoms with Crippen LogP contribution in [0.4, 0.5) is 0 Å². The van der Waals surface area contributed by atoms with E-state index in [0.29, 0.717) is 5.56 Å². The average molecular weight is 288 g/mol. The first kappa shape index (κ1) is 16.7. The summed E-state index contributed by atoms with van der Waals surface area (Å²) < 4.78 is 4.69. The number of carbonyl (C=O) groups is 2. The van der Waals surface area contributed by atoms with Crippen LogP contribution >= 0.6 is 0 Å². The van der Waals surface area contributed by atoms with Crippen LogP contribution in [0.3, 0.4) is 0 Å². The van der Waals surface area contributed by atoms with Crippen molar-refractivity contribution in [1.29, 1.82) is 0 Å². The van der Waals surface area contributed by atoms with Gasteiger partial charge >= 0.3 is 5.97 Å². The van der Waals surface area contributed by atoms with E-state index in [2.05, 4.69) is 6.58 Å². The van der Waals surface area contributed by atoms with Crippen LogP contribution in [0.2, 0.25) is 0 Å². The first-order valence-corrected chi connectivity index (χ1v) is 6.55. The van der Waals surface area contributed by atoms with Crippen molar-refractivity contribution in [3.63, 3.8) is 0 Å². The fourth-order valence-corrected chi connectivity index (χ4v) is 1.93. The van der Waals surface area contributed by atoms with Gasteiger partial charge in [-0.3, -0.25) is 9.59 Å². The molecule has 0 spiro atoms. The summed E-state index contributed by atoms with van der Waals surface area (Å²) >= 11 is 0. The Kier molecular flexibility index (Phi) is 5.47. The quantitative estimate of drug-likeness (QED) is 0.287. The van der Waals surface area contributed by atoms with Gasteiger partial charge in [-0.1, -0.05) is 50.3 Å². The van der Waals surface area contributed by atoms with Crippen LogP contribution in [-0.2, 0) is 14.3 Å². The van der Waals surface area contributed by atoms with E-state index >= 15 is 0 Å². The lowest BCUT2D eigenvalue weighted by Crippen LogP contribution is -2.36. The molecule has 1 aromatic rings. The number of carbonyl (C=O) groups excluding carboxylic acids is 2. The first-order chi connectivity index (χ1) is 9.83. The third-order valence-electron chi connectivity index (χ3n) is 3.34. The van der Waals surface area contributed by atoms with Crippen molar-refractivity contribution in [3.05, 3.63) is 54.6 Å². The topological polar surface area (TPSA) is 63.6 Å². The van der Waals surface area contributed by atoms with Gasteiger partial charge in [0.2, 0.25) is 0 Å². The minimum absolute atomic E-state index is 0.186. The fraction of sp³-hybridized carbons (Fsp3) is 0.294. The second-order valence-electron chi connectivity index (χ2n) is 5.28. The molecular weight excluding hydrogens is 268 g/mol. The van der Waals surface area contributed by atoms with E-state index in [-0.39, 0.29) is 5.76 Å². The van der Waals surface area contributed by atoms with E-state index in [0.717, 1.165) is 6.08 Å². The second-order valence-corrected chi connectivity index (χ2v) is 5.28. The van der Waals surface area contributed by atoms with Crippen LogP contribution in [0.25, 0.3) is 5.76 Å². The van der Waals surface area contributed by atoms with E-state index in [4.69, 9.17) is 4.74 Å². The van der Waals surface area contributed by atoms with Crippen molar-refractivity contribution >= 4 is 17.5 Å². The summed E-state index contributed by atoms with van der Waals surface area (Å²) in [5, 5.41) is 10.00. The lowest BCUT2D eigenvalue weighted by Gasteiger charge is -2.27. The first-order valence-electron chi connectivity index (χ1n) is 6.55. The van der Waals surface area contributed by atoms with Crippen molar-refractivity contribution in [2.75, 3.05) is 7.11 Å². The van der Waals surface area contributed by atoms with Crippen molar-refractivity contribution in [2.45, 2.75) is 13.8 Å². The molecule has 1 N–H and O–H groups in total. The molecule has 0 bridgehead atoms. The van der Waals surface area contributed by atoms with Crippen LogP contribution in [-0.4, -0.2) is 24.0 Å². The Morgan fingerprint density at radius 1 is 1.29 bits per heavy atom. The molecule has 21 heavy (non-hydrogen) atoms. The molecule has 0 radical (unpaired) electrons. The van der Waals surface area contributed by atoms with E-state index < -0.39 is 23.1 Å². The summed E-state index contributed by atoms with van der Waals surface area (Å²) in [6, 6.07) is 8.64. The Labute approximate surface area is 124 Å². The molecule has 0 unspecified atom stereocenters. The third kappa shape index (κ3) is 4.05. The molecule has 4 heteroatoms. The zero-order valence-corrected chi connectivity index (χ0v) is 12.5. The van der Waals surface area contributed by atoms with Gasteiger partial charge in [0.05, 0.1) is 7.11 Å². The summed E-state index contributed by atoms with van der Waals surface area (Å²) in [4.78, 5) is 24.2. The molecule has 0 amide bonds. The Bertz CT molecular complexity index is 555. The minimum Gasteiger partial charge on any atom is -0.507 e. The van der Waals surface area contributed by atoms with Gasteiger partial charge in [-0.05, 0) is 0 Å². The van der Waals surface area contributed by atoms with Crippen molar-refractivity contribution in [1.82, 2.24) is 0 Å². The molecule has 0 saturated carbocycles. The van der Waals surface area contributed by atoms with E-state index in [1.54, 1.807) is 44.2 Å². The normalized spacial score (nSPS) is 13.4. The van der Waals surface area contributed by atoms with Gasteiger partial charge in [-0.15, -0.1) is 6.58 Å². The maximum Gasteiger partial charge on any atom is 0.317 e. The molecule has 0 saturated heterocycles. The number of esters is 1. The fourth-order valence-electron chi connectivity index (χ4n) is 1.93. The number of allylic oxidation sites excluding steroid dienone is 2. The molecule has 1 aromatic carbocycles. The lowest BCUT2D eigenvalue weighted by molar-refractivity contribution is -0.151. The van der Waals surface area contributed by atoms with Crippen LogP contribution in [0.15, 0.2) is 49.1 Å². The molecule has 0 aromatic heterocycles. The number of ether oxygens (including phenoxy) is 1. The highest BCUT2D eigenvalue weighted by molar-refractivity contribution is 6.08. The molecule has 0 fully saturated rings. The molecule has 1 atom stereocenters. The molecular formula is C17H20O4. The predicted octanol–water partition coefficient (Wildman–Crippen LogP) is 3.16. The summed E-state index contributed by atoms with van der Waals surface area (Å²) in [5.41, 5.74) is -0.275. The number of aliphatic hydroxyl groups is 1. The number of aliphatic hydroxyl groups excluding tert-OH is 1. The number of hydrogen-bond donors (Lipinski definition) is 1. The Balaban J connectivity index is 3.13. The standard InChI is InChI=1S/C17H20O4/c1-5-17(2,3)15(16(20)21-4)14(19)11-13(18)12-9-7-6-8-10-12/h5-11,15,18H,1H2,2-4H3/b13-11-/t15-/m1/s1. The summed E-state index contributed by atoms with van der Waals surface area (Å²) in [5.74, 6) is -2.41. The van der Waals surface area contributed by atoms with E-state index in [9.17, 15) is 14.7 Å². The molecule has 0 aliphatic rings. The van der Waals surface area contributed by atoms with Crippen LogP contribution < -0.4 is 0 Å². The molecule has 112 valence electrons. The molecule has 0 aliphatic carbocycles. The lowest BCUT2D eigenvalue weighted by atomic mass is 9.76. The van der Waals surface area contributed by atoms with Gasteiger partial charge in [0.25, 0.3) is 0 Å². The number of benzene rings is 1. The van der Waals surface area contributed by atoms with Gasteiger partial charge in [-0.25, -0.2) is 0 Å². The Hall–Kier alpha value is -2.36. The van der Waals surface area contributed by atoms with E-state index in [1.165, 1.54) is 13.2 Å². The summed E-state index contributed by atoms with van der Waals surface area (Å²) in [6.07, 6.45) is 2.59. The van der Waals surface area contributed by atoms with Gasteiger partial charge in [0, 0.05) is 17.1 Å². The van der Waals surface area contributed by atoms with Gasteiger partial charge < -0.3 is 9.84 Å². The number of methoxy groups -OCH3 is 1. The van der Waals surface area contributed by atoms with Gasteiger partial charge in [-0.2, -0.15) is 0 Å². The van der Waals surface area contributed by atoms with Crippen LogP contribution in [0.5, 0.6) is 0 Å². The van der Waals surface area contributed by atoms with Crippen molar-refractivity contribution in [3.8, 4) is 0 Å². The zero-order chi connectivity index (χ0) is 16.0. The Morgan fingerprint density at radius 2 is 1.86 bits per heavy atom. The second kappa shape index (κ2) is 6.88. The molecule has 4 nitrogen and oxygen atoms in total. The Morgan fingerprint density at radius 3 is 2.33 bits per heavy atom. The monoisotopic (exact) mass is 288 g/mol. The largest absolute Gasteiger partial charge is 0.507 e. The summed E-state index contributed by atoms with van der Waals surface area (Å²) in [6.45, 7) is 7.08. The summed E-state index contributed by atoms with van der Waals surface area (Å²) in [7, 11) is 1.22. The SMILES string of the molecule is C=CC(C)(C)[C@H](C(=O)/C=C(\O)c1ccccc1)C(=O)OC. The third-order valence-corrected chi connectivity index (χ3v) is 3.34. The highest BCUT2D eigenvalue weighted by atomic mass is 16.5. The van der Waals surface area contributed by atoms with Gasteiger partial charge in [0.15, 0.2) is 5.78 Å². The van der Waals surface area contributed by atoms with E-state index in [1.807, 2.05) is 0 Å². The molecule has 0 heterocycles. The number of ketones is 1. The zero-order valence-electron chi connectivity index (χ0n) is 12.5. The number of hydrogen-bond acceptors (Lipinski definition) is 4. The maximum atomic E-state index is 12.3. The van der Waals surface area contributed by atoms with Crippen molar-refractivity contribution in [2.24, 2.45) is 11.3 Å². The number of rotatable bonds is 6. The molecule has 1 rings (SSSR count). The maximum absolute atomic E-state index is 12.3. The smallest absolute Gasteiger partial charge is 0.317 e. The predicted molar refractivity (Wildman–Crippen MR) is 81.5 cm³/mol. The van der Waals surface area contributed by atoms with Crippen molar-refractivity contribution < 1.29 is 19.4 Å². The average Bonchev–Trinajstić information content (AvgIpc) is 2.47. The van der Waals surface area contributed by atoms with Crippen LogP contribution in [0.1, 0.15) is 19.4 Å². The minimum atomic E-state index is -1.05. The van der Waals surface area contributed by atoms with Gasteiger partial charge in [0.1, 0.15) is 11.7 Å². The molecule has 0 aliphatic heterocycles. The highest BCUT2D eigenvalue weighted by Gasteiger charge is 2.39. The highest BCUT2D eigenvalue weighted by Crippen LogP contribution is 2.30. The van der Waals surface area contributed by atoms with Crippen LogP contribution in [0, 0.1) is 11.3 Å².